The summed E-state index contributed by atoms with van der Waals surface area (Å²) in [7, 11) is 1.58. The van der Waals surface area contributed by atoms with Gasteiger partial charge < -0.3 is 9.64 Å². The number of nitrogens with zero attached hydrogens (tertiary/aromatic N) is 3. The van der Waals surface area contributed by atoms with Crippen LogP contribution in [-0.4, -0.2) is 49.0 Å². The SMILES string of the molecule is COc1ccc(C(C#N)N2CCN(C(=O)/C=C/c3ccc(C(F)(F)F)cc3)CC2)cc1. The molecule has 8 heteroatoms. The maximum absolute atomic E-state index is 12.6. The predicted molar refractivity (Wildman–Crippen MR) is 110 cm³/mol. The van der Waals surface area contributed by atoms with E-state index >= 15 is 0 Å². The Kier molecular flexibility index (Phi) is 6.98. The summed E-state index contributed by atoms with van der Waals surface area (Å²) < 4.78 is 43.0. The molecule has 0 N–H and O–H groups in total. The van der Waals surface area contributed by atoms with E-state index in [1.54, 1.807) is 12.0 Å². The fraction of sp³-hybridized carbons (Fsp3) is 0.304. The topological polar surface area (TPSA) is 56.6 Å². The minimum Gasteiger partial charge on any atom is -0.497 e. The Labute approximate surface area is 178 Å². The molecule has 1 unspecified atom stereocenters. The van der Waals surface area contributed by atoms with Gasteiger partial charge in [-0.25, -0.2) is 0 Å². The molecule has 31 heavy (non-hydrogen) atoms. The van der Waals surface area contributed by atoms with Gasteiger partial charge >= 0.3 is 6.18 Å². The number of piperazine rings is 1. The highest BCUT2D eigenvalue weighted by Crippen LogP contribution is 2.29. The molecule has 162 valence electrons. The third kappa shape index (κ3) is 5.64. The maximum Gasteiger partial charge on any atom is 0.416 e. The average Bonchev–Trinajstić information content (AvgIpc) is 2.78. The molecule has 1 saturated heterocycles. The van der Waals surface area contributed by atoms with Crippen LogP contribution in [0.4, 0.5) is 13.2 Å². The van der Waals surface area contributed by atoms with Crippen molar-refractivity contribution in [2.75, 3.05) is 33.3 Å². The second-order valence-corrected chi connectivity index (χ2v) is 7.12. The summed E-state index contributed by atoms with van der Waals surface area (Å²) in [6.07, 6.45) is -1.52. The molecular formula is C23H22F3N3O2. The monoisotopic (exact) mass is 429 g/mol. The van der Waals surface area contributed by atoms with Gasteiger partial charge in [-0.2, -0.15) is 18.4 Å². The van der Waals surface area contributed by atoms with Gasteiger partial charge in [-0.3, -0.25) is 9.69 Å². The van der Waals surface area contributed by atoms with Crippen molar-refractivity contribution in [3.8, 4) is 11.8 Å². The van der Waals surface area contributed by atoms with E-state index in [1.165, 1.54) is 24.3 Å². The van der Waals surface area contributed by atoms with E-state index in [2.05, 4.69) is 6.07 Å². The second-order valence-electron chi connectivity index (χ2n) is 7.12. The van der Waals surface area contributed by atoms with Gasteiger partial charge in [-0.05, 0) is 41.5 Å². The molecule has 1 atom stereocenters. The van der Waals surface area contributed by atoms with E-state index < -0.39 is 17.8 Å². The number of nitriles is 1. The zero-order chi connectivity index (χ0) is 22.4. The summed E-state index contributed by atoms with van der Waals surface area (Å²) in [6.45, 7) is 2.02. The van der Waals surface area contributed by atoms with Crippen molar-refractivity contribution in [1.82, 2.24) is 9.80 Å². The van der Waals surface area contributed by atoms with Crippen LogP contribution >= 0.6 is 0 Å². The lowest BCUT2D eigenvalue weighted by Gasteiger charge is -2.36. The third-order valence-electron chi connectivity index (χ3n) is 5.20. The zero-order valence-corrected chi connectivity index (χ0v) is 17.0. The summed E-state index contributed by atoms with van der Waals surface area (Å²) in [5.41, 5.74) is 0.658. The number of halogens is 3. The first-order valence-corrected chi connectivity index (χ1v) is 9.73. The summed E-state index contributed by atoms with van der Waals surface area (Å²) in [5, 5.41) is 9.63. The molecule has 0 radical (unpaired) electrons. The number of ether oxygens (including phenoxy) is 1. The molecule has 0 bridgehead atoms. The van der Waals surface area contributed by atoms with Crippen LogP contribution in [0.2, 0.25) is 0 Å². The van der Waals surface area contributed by atoms with Crippen molar-refractivity contribution < 1.29 is 22.7 Å². The molecule has 1 fully saturated rings. The van der Waals surface area contributed by atoms with E-state index in [4.69, 9.17) is 4.74 Å². The molecule has 0 aromatic heterocycles. The van der Waals surface area contributed by atoms with E-state index in [9.17, 15) is 23.2 Å². The Hall–Kier alpha value is -3.31. The number of hydrogen-bond donors (Lipinski definition) is 0. The number of rotatable bonds is 5. The quantitative estimate of drug-likeness (QED) is 0.671. The van der Waals surface area contributed by atoms with Crippen LogP contribution in [0.5, 0.6) is 5.75 Å². The smallest absolute Gasteiger partial charge is 0.416 e. The van der Waals surface area contributed by atoms with Gasteiger partial charge in [-0.15, -0.1) is 0 Å². The third-order valence-corrected chi connectivity index (χ3v) is 5.20. The van der Waals surface area contributed by atoms with Crippen molar-refractivity contribution >= 4 is 12.0 Å². The maximum atomic E-state index is 12.6. The van der Waals surface area contributed by atoms with Crippen LogP contribution < -0.4 is 4.74 Å². The number of methoxy groups -OCH3 is 1. The second kappa shape index (κ2) is 9.67. The number of amides is 1. The van der Waals surface area contributed by atoms with Crippen molar-refractivity contribution in [3.63, 3.8) is 0 Å². The van der Waals surface area contributed by atoms with Crippen LogP contribution in [-0.2, 0) is 11.0 Å². The number of benzene rings is 2. The minimum absolute atomic E-state index is 0.211. The van der Waals surface area contributed by atoms with Crippen molar-refractivity contribution in [2.24, 2.45) is 0 Å². The Morgan fingerprint density at radius 3 is 2.19 bits per heavy atom. The molecule has 2 aromatic rings. The van der Waals surface area contributed by atoms with Gasteiger partial charge in [0.15, 0.2) is 0 Å². The van der Waals surface area contributed by atoms with E-state index in [-0.39, 0.29) is 5.91 Å². The summed E-state index contributed by atoms with van der Waals surface area (Å²) in [6, 6.07) is 13.9. The van der Waals surface area contributed by atoms with Gasteiger partial charge in [0.25, 0.3) is 0 Å². The molecule has 0 aliphatic carbocycles. The fourth-order valence-corrected chi connectivity index (χ4v) is 3.41. The lowest BCUT2D eigenvalue weighted by Crippen LogP contribution is -2.49. The highest BCUT2D eigenvalue weighted by Gasteiger charge is 2.30. The van der Waals surface area contributed by atoms with Crippen LogP contribution in [0, 0.1) is 11.3 Å². The molecule has 1 heterocycles. The van der Waals surface area contributed by atoms with E-state index in [1.807, 2.05) is 29.2 Å². The predicted octanol–water partition coefficient (Wildman–Crippen LogP) is 4.14. The first kappa shape index (κ1) is 22.4. The molecule has 1 amide bonds. The lowest BCUT2D eigenvalue weighted by molar-refractivity contribution is -0.137. The van der Waals surface area contributed by atoms with Crippen LogP contribution in [0.1, 0.15) is 22.7 Å². The van der Waals surface area contributed by atoms with E-state index in [0.717, 1.165) is 23.4 Å². The molecule has 5 nitrogen and oxygen atoms in total. The van der Waals surface area contributed by atoms with Gasteiger partial charge in [0.2, 0.25) is 5.91 Å². The normalized spacial score (nSPS) is 16.2. The highest BCUT2D eigenvalue weighted by atomic mass is 19.4. The fourth-order valence-electron chi connectivity index (χ4n) is 3.41. The van der Waals surface area contributed by atoms with Crippen LogP contribution in [0.3, 0.4) is 0 Å². The first-order chi connectivity index (χ1) is 14.8. The lowest BCUT2D eigenvalue weighted by atomic mass is 10.1. The Bertz CT molecular complexity index is 956. The van der Waals surface area contributed by atoms with Crippen molar-refractivity contribution in [1.29, 1.82) is 5.26 Å². The van der Waals surface area contributed by atoms with Crippen LogP contribution in [0.15, 0.2) is 54.6 Å². The molecule has 0 spiro atoms. The van der Waals surface area contributed by atoms with Gasteiger partial charge in [-0.1, -0.05) is 24.3 Å². The minimum atomic E-state index is -4.38. The standard InChI is InChI=1S/C23H22F3N3O2/c1-31-20-9-5-18(6-10-20)21(16-27)28-12-14-29(15-13-28)22(30)11-4-17-2-7-19(8-3-17)23(24,25)26/h2-11,21H,12-15H2,1H3/b11-4+. The molecule has 1 aliphatic heterocycles. The van der Waals surface area contributed by atoms with Gasteiger partial charge in [0, 0.05) is 32.3 Å². The summed E-state index contributed by atoms with van der Waals surface area (Å²) >= 11 is 0. The van der Waals surface area contributed by atoms with Crippen molar-refractivity contribution in [3.05, 3.63) is 71.3 Å². The van der Waals surface area contributed by atoms with Crippen LogP contribution in [0.25, 0.3) is 6.08 Å². The summed E-state index contributed by atoms with van der Waals surface area (Å²) in [4.78, 5) is 16.1. The average molecular weight is 429 g/mol. The summed E-state index contributed by atoms with van der Waals surface area (Å²) in [5.74, 6) is 0.508. The largest absolute Gasteiger partial charge is 0.497 e. The first-order valence-electron chi connectivity index (χ1n) is 9.73. The molecule has 1 aliphatic rings. The van der Waals surface area contributed by atoms with Crippen molar-refractivity contribution in [2.45, 2.75) is 12.2 Å². The highest BCUT2D eigenvalue weighted by molar-refractivity contribution is 5.91. The molecule has 0 saturated carbocycles. The molecule has 2 aromatic carbocycles. The Balaban J connectivity index is 1.56. The Morgan fingerprint density at radius 1 is 1.06 bits per heavy atom. The van der Waals surface area contributed by atoms with Gasteiger partial charge in [0.05, 0.1) is 18.7 Å². The Morgan fingerprint density at radius 2 is 1.68 bits per heavy atom. The zero-order valence-electron chi connectivity index (χ0n) is 17.0. The number of carbonyl (C=O) groups excluding carboxylic acids is 1. The number of alkyl halides is 3. The van der Waals surface area contributed by atoms with Gasteiger partial charge in [0.1, 0.15) is 11.8 Å². The molecular weight excluding hydrogens is 407 g/mol. The number of hydrogen-bond acceptors (Lipinski definition) is 4. The number of carbonyl (C=O) groups is 1. The van der Waals surface area contributed by atoms with E-state index in [0.29, 0.717) is 31.7 Å². The molecule has 3 rings (SSSR count).